The van der Waals surface area contributed by atoms with Gasteiger partial charge in [-0.2, -0.15) is 0 Å². The molecule has 0 aromatic heterocycles. The molecule has 0 spiro atoms. The van der Waals surface area contributed by atoms with E-state index in [0.717, 1.165) is 16.7 Å². The molecule has 0 saturated heterocycles. The highest BCUT2D eigenvalue weighted by Gasteiger charge is 2.36. The van der Waals surface area contributed by atoms with E-state index in [1.165, 1.54) is 0 Å². The van der Waals surface area contributed by atoms with Crippen LogP contribution in [0.15, 0.2) is 91.0 Å². The topological polar surface area (TPSA) is 32.3 Å². The van der Waals surface area contributed by atoms with Gasteiger partial charge in [-0.3, -0.25) is 5.32 Å². The summed E-state index contributed by atoms with van der Waals surface area (Å²) in [6.45, 7) is 2.08. The lowest BCUT2D eigenvalue weighted by atomic mass is 9.76. The summed E-state index contributed by atoms with van der Waals surface area (Å²) in [6, 6.07) is 31.2. The van der Waals surface area contributed by atoms with E-state index >= 15 is 0 Å². The zero-order valence-corrected chi connectivity index (χ0v) is 13.9. The highest BCUT2D eigenvalue weighted by Crippen LogP contribution is 2.37. The van der Waals surface area contributed by atoms with Gasteiger partial charge in [-0.15, -0.1) is 0 Å². The van der Waals surface area contributed by atoms with Crippen LogP contribution in [0.2, 0.25) is 0 Å². The molecule has 1 atom stereocenters. The summed E-state index contributed by atoms with van der Waals surface area (Å²) in [6.07, 6.45) is 0. The van der Waals surface area contributed by atoms with Crippen molar-refractivity contribution in [1.29, 1.82) is 0 Å². The molecule has 122 valence electrons. The van der Waals surface area contributed by atoms with Gasteiger partial charge in [0.25, 0.3) is 0 Å². The molecule has 0 aliphatic carbocycles. The van der Waals surface area contributed by atoms with Crippen molar-refractivity contribution in [2.24, 2.45) is 0 Å². The summed E-state index contributed by atoms with van der Waals surface area (Å²) in [5.74, 6) is 0. The van der Waals surface area contributed by atoms with Gasteiger partial charge in [0.05, 0.1) is 12.1 Å². The third-order valence-electron chi connectivity index (χ3n) is 4.36. The molecular formula is C22H23NO. The number of aliphatic hydroxyl groups is 1. The van der Waals surface area contributed by atoms with Crippen molar-refractivity contribution in [2.45, 2.75) is 18.5 Å². The fourth-order valence-corrected chi connectivity index (χ4v) is 3.23. The van der Waals surface area contributed by atoms with Crippen molar-refractivity contribution in [3.8, 4) is 0 Å². The molecule has 3 rings (SSSR count). The SMILES string of the molecule is C[C@@H](CO)NC(c1ccccc1)(c1ccccc1)c1ccccc1. The van der Waals surface area contributed by atoms with Gasteiger partial charge in [0.1, 0.15) is 0 Å². The Kier molecular flexibility index (Phi) is 5.09. The minimum atomic E-state index is -0.508. The first-order chi connectivity index (χ1) is 11.8. The van der Waals surface area contributed by atoms with Crippen LogP contribution in [-0.2, 0) is 5.54 Å². The van der Waals surface area contributed by atoms with Crippen LogP contribution in [0, 0.1) is 0 Å². The Bertz CT molecular complexity index is 644. The summed E-state index contributed by atoms with van der Waals surface area (Å²) in [7, 11) is 0. The molecule has 0 heterocycles. The summed E-state index contributed by atoms with van der Waals surface area (Å²) < 4.78 is 0. The van der Waals surface area contributed by atoms with Crippen LogP contribution in [0.25, 0.3) is 0 Å². The zero-order valence-electron chi connectivity index (χ0n) is 13.9. The normalized spacial score (nSPS) is 12.8. The molecule has 2 N–H and O–H groups in total. The van der Waals surface area contributed by atoms with E-state index in [1.54, 1.807) is 0 Å². The predicted molar refractivity (Wildman–Crippen MR) is 98.9 cm³/mol. The van der Waals surface area contributed by atoms with Crippen LogP contribution in [-0.4, -0.2) is 17.8 Å². The van der Waals surface area contributed by atoms with Gasteiger partial charge < -0.3 is 5.11 Å². The van der Waals surface area contributed by atoms with Crippen LogP contribution in [0.5, 0.6) is 0 Å². The maximum absolute atomic E-state index is 9.68. The van der Waals surface area contributed by atoms with Gasteiger partial charge in [-0.25, -0.2) is 0 Å². The Morgan fingerprint density at radius 2 is 1.04 bits per heavy atom. The number of hydrogen-bond acceptors (Lipinski definition) is 2. The minimum Gasteiger partial charge on any atom is -0.395 e. The van der Waals surface area contributed by atoms with Gasteiger partial charge >= 0.3 is 0 Å². The molecule has 0 aliphatic heterocycles. The molecule has 2 nitrogen and oxygen atoms in total. The third-order valence-corrected chi connectivity index (χ3v) is 4.36. The third kappa shape index (κ3) is 3.12. The lowest BCUT2D eigenvalue weighted by Crippen LogP contribution is -2.50. The Morgan fingerprint density at radius 3 is 1.33 bits per heavy atom. The smallest absolute Gasteiger partial charge is 0.0950 e. The first kappa shape index (κ1) is 16.4. The molecular weight excluding hydrogens is 294 g/mol. The molecule has 0 amide bonds. The van der Waals surface area contributed by atoms with Crippen molar-refractivity contribution in [2.75, 3.05) is 6.61 Å². The Labute approximate surface area is 143 Å². The molecule has 0 fully saturated rings. The largest absolute Gasteiger partial charge is 0.395 e. The molecule has 3 aromatic rings. The quantitative estimate of drug-likeness (QED) is 0.675. The standard InChI is InChI=1S/C22H23NO/c1-18(17-24)23-22(19-11-5-2-6-12-19,20-13-7-3-8-14-20)21-15-9-4-10-16-21/h2-16,18,23-24H,17H2,1H3/t18-/m0/s1. The Hall–Kier alpha value is -2.42. The maximum atomic E-state index is 9.68. The van der Waals surface area contributed by atoms with Crippen LogP contribution in [0.4, 0.5) is 0 Å². The van der Waals surface area contributed by atoms with Gasteiger partial charge in [0.2, 0.25) is 0 Å². The van der Waals surface area contributed by atoms with Crippen molar-refractivity contribution >= 4 is 0 Å². The van der Waals surface area contributed by atoms with E-state index in [-0.39, 0.29) is 12.6 Å². The molecule has 0 aliphatic rings. The van der Waals surface area contributed by atoms with E-state index < -0.39 is 5.54 Å². The first-order valence-electron chi connectivity index (χ1n) is 8.32. The number of rotatable bonds is 6. The van der Waals surface area contributed by atoms with Gasteiger partial charge in [-0.1, -0.05) is 91.0 Å². The maximum Gasteiger partial charge on any atom is 0.0950 e. The van der Waals surface area contributed by atoms with Crippen LogP contribution >= 0.6 is 0 Å². The van der Waals surface area contributed by atoms with Crippen LogP contribution in [0.3, 0.4) is 0 Å². The zero-order chi connectivity index (χ0) is 16.8. The summed E-state index contributed by atoms with van der Waals surface area (Å²) in [4.78, 5) is 0. The highest BCUT2D eigenvalue weighted by atomic mass is 16.3. The van der Waals surface area contributed by atoms with E-state index in [2.05, 4.69) is 78.1 Å². The fraction of sp³-hybridized carbons (Fsp3) is 0.182. The van der Waals surface area contributed by atoms with Gasteiger partial charge in [0, 0.05) is 6.04 Å². The highest BCUT2D eigenvalue weighted by molar-refractivity contribution is 5.49. The average Bonchev–Trinajstić information content (AvgIpc) is 2.68. The molecule has 0 unspecified atom stereocenters. The van der Waals surface area contributed by atoms with Crippen molar-refractivity contribution < 1.29 is 5.11 Å². The second-order valence-corrected chi connectivity index (χ2v) is 6.08. The second kappa shape index (κ2) is 7.43. The summed E-state index contributed by atoms with van der Waals surface area (Å²) in [5, 5.41) is 13.4. The van der Waals surface area contributed by atoms with Crippen molar-refractivity contribution in [3.05, 3.63) is 108 Å². The molecule has 3 aromatic carbocycles. The van der Waals surface area contributed by atoms with E-state index in [1.807, 2.05) is 25.1 Å². The molecule has 24 heavy (non-hydrogen) atoms. The van der Waals surface area contributed by atoms with Crippen LogP contribution in [0.1, 0.15) is 23.6 Å². The number of hydrogen-bond donors (Lipinski definition) is 2. The fourth-order valence-electron chi connectivity index (χ4n) is 3.23. The lowest BCUT2D eigenvalue weighted by Gasteiger charge is -2.39. The summed E-state index contributed by atoms with van der Waals surface area (Å²) in [5.41, 5.74) is 2.96. The number of benzene rings is 3. The number of aliphatic hydroxyl groups excluding tert-OH is 1. The predicted octanol–water partition coefficient (Wildman–Crippen LogP) is 3.95. The number of nitrogens with one attached hydrogen (secondary N) is 1. The molecule has 0 radical (unpaired) electrons. The van der Waals surface area contributed by atoms with Crippen LogP contribution < -0.4 is 5.32 Å². The first-order valence-corrected chi connectivity index (χ1v) is 8.32. The monoisotopic (exact) mass is 317 g/mol. The minimum absolute atomic E-state index is 0.0504. The van der Waals surface area contributed by atoms with E-state index in [0.29, 0.717) is 0 Å². The Balaban J connectivity index is 2.28. The lowest BCUT2D eigenvalue weighted by molar-refractivity contribution is 0.232. The van der Waals surface area contributed by atoms with Gasteiger partial charge in [0.15, 0.2) is 0 Å². The summed E-state index contributed by atoms with van der Waals surface area (Å²) >= 11 is 0. The Morgan fingerprint density at radius 1 is 0.708 bits per heavy atom. The average molecular weight is 317 g/mol. The molecule has 0 bridgehead atoms. The second-order valence-electron chi connectivity index (χ2n) is 6.08. The van der Waals surface area contributed by atoms with E-state index in [4.69, 9.17) is 0 Å². The molecule has 2 heteroatoms. The van der Waals surface area contributed by atoms with E-state index in [9.17, 15) is 5.11 Å². The van der Waals surface area contributed by atoms with Gasteiger partial charge in [-0.05, 0) is 23.6 Å². The van der Waals surface area contributed by atoms with Crippen molar-refractivity contribution in [1.82, 2.24) is 5.32 Å². The van der Waals surface area contributed by atoms with Crippen molar-refractivity contribution in [3.63, 3.8) is 0 Å². The molecule has 0 saturated carbocycles.